The minimum absolute atomic E-state index is 0.0241. The lowest BCUT2D eigenvalue weighted by molar-refractivity contribution is -0.111. The third-order valence-electron chi connectivity index (χ3n) is 3.49. The van der Waals surface area contributed by atoms with E-state index in [0.29, 0.717) is 25.7 Å². The van der Waals surface area contributed by atoms with E-state index in [1.165, 1.54) is 6.07 Å². The molecule has 20 heavy (non-hydrogen) atoms. The molecular formula is C13H15ClFNO3S. The van der Waals surface area contributed by atoms with Gasteiger partial charge in [0.2, 0.25) is 10.0 Å². The second-order valence-electron chi connectivity index (χ2n) is 4.94. The Morgan fingerprint density at radius 2 is 1.90 bits per heavy atom. The molecule has 1 aliphatic carbocycles. The lowest BCUT2D eigenvalue weighted by Gasteiger charge is -2.26. The van der Waals surface area contributed by atoms with Crippen LogP contribution in [0, 0.1) is 11.7 Å². The molecule has 1 aromatic carbocycles. The standard InChI is InChI=1S/C13H15ClFNO3S/c14-12-7-11(5-6-13(12)15)20(18,19)16-10-3-1-9(8-17)2-4-10/h5-10,16H,1-4H2/t9-,10-. The Balaban J connectivity index is 2.07. The number of benzene rings is 1. The van der Waals surface area contributed by atoms with Gasteiger partial charge in [-0.1, -0.05) is 11.6 Å². The molecule has 7 heteroatoms. The van der Waals surface area contributed by atoms with Crippen molar-refractivity contribution in [1.82, 2.24) is 4.72 Å². The molecule has 0 amide bonds. The molecule has 0 spiro atoms. The average molecular weight is 320 g/mol. The Bertz CT molecular complexity index is 598. The second-order valence-corrected chi connectivity index (χ2v) is 7.07. The number of hydrogen-bond acceptors (Lipinski definition) is 3. The molecule has 4 nitrogen and oxygen atoms in total. The molecule has 0 atom stereocenters. The zero-order valence-corrected chi connectivity index (χ0v) is 12.3. The normalized spacial score (nSPS) is 23.5. The summed E-state index contributed by atoms with van der Waals surface area (Å²) in [6.07, 6.45) is 3.53. The molecule has 1 saturated carbocycles. The molecule has 0 aliphatic heterocycles. The zero-order chi connectivity index (χ0) is 14.8. The highest BCUT2D eigenvalue weighted by Gasteiger charge is 2.25. The minimum atomic E-state index is -3.71. The van der Waals surface area contributed by atoms with Crippen LogP contribution in [0.4, 0.5) is 4.39 Å². The van der Waals surface area contributed by atoms with Gasteiger partial charge in [-0.05, 0) is 43.9 Å². The van der Waals surface area contributed by atoms with Crippen molar-refractivity contribution in [3.63, 3.8) is 0 Å². The maximum Gasteiger partial charge on any atom is 0.240 e. The predicted molar refractivity (Wildman–Crippen MR) is 73.5 cm³/mol. The van der Waals surface area contributed by atoms with Gasteiger partial charge in [0, 0.05) is 12.0 Å². The van der Waals surface area contributed by atoms with Crippen LogP contribution in [0.5, 0.6) is 0 Å². The van der Waals surface area contributed by atoms with Gasteiger partial charge in [0.15, 0.2) is 0 Å². The number of carbonyl (C=O) groups is 1. The van der Waals surface area contributed by atoms with Crippen molar-refractivity contribution >= 4 is 27.9 Å². The topological polar surface area (TPSA) is 63.2 Å². The quantitative estimate of drug-likeness (QED) is 0.867. The summed E-state index contributed by atoms with van der Waals surface area (Å²) in [6, 6.07) is 3.11. The van der Waals surface area contributed by atoms with Crippen LogP contribution in [-0.4, -0.2) is 20.7 Å². The Labute approximate surface area is 122 Å². The van der Waals surface area contributed by atoms with Crippen LogP contribution >= 0.6 is 11.6 Å². The van der Waals surface area contributed by atoms with E-state index < -0.39 is 15.8 Å². The molecule has 1 aromatic rings. The SMILES string of the molecule is O=C[C@H]1CC[C@H](NS(=O)(=O)c2ccc(F)c(Cl)c2)CC1. The third-order valence-corrected chi connectivity index (χ3v) is 5.30. The summed E-state index contributed by atoms with van der Waals surface area (Å²) in [5.74, 6) is -0.631. The lowest BCUT2D eigenvalue weighted by atomic mass is 9.87. The fraction of sp³-hybridized carbons (Fsp3) is 0.462. The number of carbonyl (C=O) groups excluding carboxylic acids is 1. The van der Waals surface area contributed by atoms with Crippen LogP contribution in [0.3, 0.4) is 0 Å². The molecule has 0 heterocycles. The highest BCUT2D eigenvalue weighted by atomic mass is 35.5. The van der Waals surface area contributed by atoms with Crippen LogP contribution in [0.2, 0.25) is 5.02 Å². The predicted octanol–water partition coefficient (Wildman–Crippen LogP) is 2.52. The Morgan fingerprint density at radius 1 is 1.25 bits per heavy atom. The summed E-state index contributed by atoms with van der Waals surface area (Å²) in [5.41, 5.74) is 0. The monoisotopic (exact) mass is 319 g/mol. The van der Waals surface area contributed by atoms with Crippen molar-refractivity contribution < 1.29 is 17.6 Å². The summed E-state index contributed by atoms with van der Waals surface area (Å²) in [6.45, 7) is 0. The highest BCUT2D eigenvalue weighted by Crippen LogP contribution is 2.25. The van der Waals surface area contributed by atoms with Crippen LogP contribution in [-0.2, 0) is 14.8 Å². The van der Waals surface area contributed by atoms with E-state index in [0.717, 1.165) is 18.4 Å². The molecule has 110 valence electrons. The van der Waals surface area contributed by atoms with Crippen LogP contribution in [0.15, 0.2) is 23.1 Å². The van der Waals surface area contributed by atoms with Crippen molar-refractivity contribution in [1.29, 1.82) is 0 Å². The zero-order valence-electron chi connectivity index (χ0n) is 10.7. The lowest BCUT2D eigenvalue weighted by Crippen LogP contribution is -2.37. The molecule has 1 aliphatic rings. The first-order valence-electron chi connectivity index (χ1n) is 6.35. The summed E-state index contributed by atoms with van der Waals surface area (Å²) >= 11 is 5.59. The molecule has 0 aromatic heterocycles. The van der Waals surface area contributed by atoms with Crippen molar-refractivity contribution in [3.05, 3.63) is 29.0 Å². The molecule has 0 radical (unpaired) electrons. The average Bonchev–Trinajstić information content (AvgIpc) is 2.42. The first-order valence-corrected chi connectivity index (χ1v) is 8.21. The van der Waals surface area contributed by atoms with Crippen molar-refractivity contribution in [3.8, 4) is 0 Å². The van der Waals surface area contributed by atoms with E-state index >= 15 is 0 Å². The van der Waals surface area contributed by atoms with E-state index in [1.54, 1.807) is 0 Å². The highest BCUT2D eigenvalue weighted by molar-refractivity contribution is 7.89. The molecule has 1 N–H and O–H groups in total. The van der Waals surface area contributed by atoms with Gasteiger partial charge < -0.3 is 4.79 Å². The van der Waals surface area contributed by atoms with Gasteiger partial charge >= 0.3 is 0 Å². The summed E-state index contributed by atoms with van der Waals surface area (Å²) in [4.78, 5) is 10.6. The number of aldehydes is 1. The van der Waals surface area contributed by atoms with E-state index in [-0.39, 0.29) is 21.9 Å². The van der Waals surface area contributed by atoms with Crippen molar-refractivity contribution in [2.75, 3.05) is 0 Å². The minimum Gasteiger partial charge on any atom is -0.303 e. The van der Waals surface area contributed by atoms with E-state index in [2.05, 4.69) is 4.72 Å². The Hall–Kier alpha value is -0.980. The van der Waals surface area contributed by atoms with Gasteiger partial charge in [0.25, 0.3) is 0 Å². The third kappa shape index (κ3) is 3.56. The largest absolute Gasteiger partial charge is 0.303 e. The molecule has 1 fully saturated rings. The fourth-order valence-corrected chi connectivity index (χ4v) is 3.88. The summed E-state index contributed by atoms with van der Waals surface area (Å²) in [7, 11) is -3.71. The van der Waals surface area contributed by atoms with Crippen LogP contribution in [0.25, 0.3) is 0 Å². The smallest absolute Gasteiger partial charge is 0.240 e. The number of hydrogen-bond donors (Lipinski definition) is 1. The molecule has 0 bridgehead atoms. The maximum absolute atomic E-state index is 13.0. The van der Waals surface area contributed by atoms with Crippen LogP contribution < -0.4 is 4.72 Å². The van der Waals surface area contributed by atoms with E-state index in [4.69, 9.17) is 11.6 Å². The van der Waals surface area contributed by atoms with Gasteiger partial charge in [-0.25, -0.2) is 17.5 Å². The number of rotatable bonds is 4. The Morgan fingerprint density at radius 3 is 2.45 bits per heavy atom. The van der Waals surface area contributed by atoms with Crippen LogP contribution in [0.1, 0.15) is 25.7 Å². The first kappa shape index (κ1) is 15.4. The molecule has 2 rings (SSSR count). The first-order chi connectivity index (χ1) is 9.42. The maximum atomic E-state index is 13.0. The number of halogens is 2. The molecular weight excluding hydrogens is 305 g/mol. The van der Waals surface area contributed by atoms with Gasteiger partial charge in [0.1, 0.15) is 12.1 Å². The Kier molecular flexibility index (Phi) is 4.78. The summed E-state index contributed by atoms with van der Waals surface area (Å²) in [5, 5.41) is -0.225. The van der Waals surface area contributed by atoms with Gasteiger partial charge in [-0.15, -0.1) is 0 Å². The van der Waals surface area contributed by atoms with Crippen molar-refractivity contribution in [2.45, 2.75) is 36.6 Å². The summed E-state index contributed by atoms with van der Waals surface area (Å²) < 4.78 is 39.9. The molecule has 0 saturated heterocycles. The number of sulfonamides is 1. The van der Waals surface area contributed by atoms with Gasteiger partial charge in [-0.3, -0.25) is 0 Å². The van der Waals surface area contributed by atoms with E-state index in [1.807, 2.05) is 0 Å². The number of nitrogens with one attached hydrogen (secondary N) is 1. The van der Waals surface area contributed by atoms with Gasteiger partial charge in [0.05, 0.1) is 9.92 Å². The van der Waals surface area contributed by atoms with Crippen molar-refractivity contribution in [2.24, 2.45) is 5.92 Å². The second kappa shape index (κ2) is 6.20. The van der Waals surface area contributed by atoms with E-state index in [9.17, 15) is 17.6 Å². The molecule has 0 unspecified atom stereocenters. The fourth-order valence-electron chi connectivity index (χ4n) is 2.30. The van der Waals surface area contributed by atoms with Gasteiger partial charge in [-0.2, -0.15) is 0 Å².